The van der Waals surface area contributed by atoms with Crippen LogP contribution in [-0.2, 0) is 13.9 Å². The van der Waals surface area contributed by atoms with Gasteiger partial charge in [0.2, 0.25) is 5.91 Å². The van der Waals surface area contributed by atoms with Crippen LogP contribution in [0.4, 0.5) is 0 Å². The highest BCUT2D eigenvalue weighted by Crippen LogP contribution is 2.54. The first-order chi connectivity index (χ1) is 12.5. The molecule has 0 unspecified atom stereocenters. The summed E-state index contributed by atoms with van der Waals surface area (Å²) >= 11 is 11.9. The summed E-state index contributed by atoms with van der Waals surface area (Å²) in [6.07, 6.45) is 2.94. The van der Waals surface area contributed by atoms with E-state index < -0.39 is 13.3 Å². The molecule has 0 spiro atoms. The van der Waals surface area contributed by atoms with Gasteiger partial charge in [-0.05, 0) is 30.7 Å². The van der Waals surface area contributed by atoms with Crippen molar-refractivity contribution in [1.82, 2.24) is 5.32 Å². The molecule has 1 atom stereocenters. The monoisotopic (exact) mass is 409 g/mol. The SMILES string of the molecule is CCO[P@](=O)(C(NC(=O)/C=C/c1ccccc1)=C(Cl)Cl)c1ccccc1. The molecule has 0 aliphatic carbocycles. The highest BCUT2D eigenvalue weighted by Gasteiger charge is 2.34. The topological polar surface area (TPSA) is 55.4 Å². The zero-order chi connectivity index (χ0) is 19.0. The van der Waals surface area contributed by atoms with Gasteiger partial charge in [-0.2, -0.15) is 0 Å². The second kappa shape index (κ2) is 9.75. The number of carbonyl (C=O) groups excluding carboxylic acids is 1. The minimum atomic E-state index is -3.64. The van der Waals surface area contributed by atoms with Gasteiger partial charge in [0.15, 0.2) is 0 Å². The van der Waals surface area contributed by atoms with Gasteiger partial charge in [-0.25, -0.2) is 0 Å². The lowest BCUT2D eigenvalue weighted by atomic mass is 10.2. The Hall–Kier alpha value is -1.84. The largest absolute Gasteiger partial charge is 0.321 e. The Balaban J connectivity index is 2.30. The summed E-state index contributed by atoms with van der Waals surface area (Å²) < 4.78 is 18.7. The van der Waals surface area contributed by atoms with Crippen LogP contribution in [0.2, 0.25) is 0 Å². The molecule has 2 rings (SSSR count). The fraction of sp³-hybridized carbons (Fsp3) is 0.105. The first-order valence-electron chi connectivity index (χ1n) is 7.87. The Kier molecular flexibility index (Phi) is 7.67. The summed E-state index contributed by atoms with van der Waals surface area (Å²) in [5.41, 5.74) is 0.706. The third-order valence-corrected chi connectivity index (χ3v) is 6.51. The third kappa shape index (κ3) is 5.33. The average molecular weight is 410 g/mol. The van der Waals surface area contributed by atoms with E-state index in [1.54, 1.807) is 43.3 Å². The predicted molar refractivity (Wildman–Crippen MR) is 108 cm³/mol. The van der Waals surface area contributed by atoms with E-state index in [1.807, 2.05) is 30.3 Å². The fourth-order valence-electron chi connectivity index (χ4n) is 2.20. The molecule has 0 aliphatic heterocycles. The number of rotatable bonds is 7. The van der Waals surface area contributed by atoms with Crippen LogP contribution >= 0.6 is 30.6 Å². The van der Waals surface area contributed by atoms with Gasteiger partial charge in [0.05, 0.1) is 6.61 Å². The molecule has 0 aromatic heterocycles. The van der Waals surface area contributed by atoms with Crippen LogP contribution in [0.3, 0.4) is 0 Å². The summed E-state index contributed by atoms with van der Waals surface area (Å²) in [6.45, 7) is 1.86. The quantitative estimate of drug-likeness (QED) is 0.513. The van der Waals surface area contributed by atoms with Crippen LogP contribution in [-0.4, -0.2) is 12.5 Å². The maximum absolute atomic E-state index is 13.5. The van der Waals surface area contributed by atoms with Gasteiger partial charge in [-0.15, -0.1) is 0 Å². The van der Waals surface area contributed by atoms with Crippen LogP contribution in [0.5, 0.6) is 0 Å². The molecule has 0 saturated carbocycles. The molecule has 0 saturated heterocycles. The highest BCUT2D eigenvalue weighted by molar-refractivity contribution is 7.71. The maximum atomic E-state index is 13.5. The van der Waals surface area contributed by atoms with Crippen molar-refractivity contribution in [2.24, 2.45) is 0 Å². The maximum Gasteiger partial charge on any atom is 0.279 e. The van der Waals surface area contributed by atoms with Crippen LogP contribution in [0, 0.1) is 0 Å². The number of hydrogen-bond acceptors (Lipinski definition) is 3. The van der Waals surface area contributed by atoms with E-state index in [4.69, 9.17) is 27.7 Å². The molecular weight excluding hydrogens is 392 g/mol. The zero-order valence-corrected chi connectivity index (χ0v) is 16.5. The van der Waals surface area contributed by atoms with E-state index in [9.17, 15) is 9.36 Å². The van der Waals surface area contributed by atoms with Gasteiger partial charge >= 0.3 is 0 Å². The molecule has 2 aromatic carbocycles. The molecule has 26 heavy (non-hydrogen) atoms. The van der Waals surface area contributed by atoms with Gasteiger partial charge in [-0.1, -0.05) is 71.7 Å². The van der Waals surface area contributed by atoms with E-state index in [0.717, 1.165) is 5.56 Å². The zero-order valence-electron chi connectivity index (χ0n) is 14.1. The lowest BCUT2D eigenvalue weighted by Gasteiger charge is -2.21. The molecule has 0 heterocycles. The van der Waals surface area contributed by atoms with Crippen LogP contribution in [0.25, 0.3) is 6.08 Å². The second-order valence-electron chi connectivity index (χ2n) is 5.15. The van der Waals surface area contributed by atoms with Crippen LogP contribution in [0.1, 0.15) is 12.5 Å². The highest BCUT2D eigenvalue weighted by atomic mass is 35.5. The second-order valence-corrected chi connectivity index (χ2v) is 8.42. The van der Waals surface area contributed by atoms with E-state index in [1.165, 1.54) is 6.08 Å². The molecular formula is C19H18Cl2NO3P. The number of nitrogens with one attached hydrogen (secondary N) is 1. The van der Waals surface area contributed by atoms with Crippen molar-refractivity contribution >= 4 is 47.9 Å². The molecule has 7 heteroatoms. The van der Waals surface area contributed by atoms with Crippen molar-refractivity contribution in [2.75, 3.05) is 6.61 Å². The van der Waals surface area contributed by atoms with E-state index >= 15 is 0 Å². The standard InChI is InChI=1S/C19H18Cl2NO3P/c1-2-25-26(24,16-11-7-4-8-12-16)19(18(20)21)22-17(23)14-13-15-9-5-3-6-10-15/h3-14H,2H2,1H3,(H,22,23)/b14-13+/t26-/m0/s1. The summed E-state index contributed by atoms with van der Waals surface area (Å²) in [7, 11) is -3.64. The molecule has 0 radical (unpaired) electrons. The Morgan fingerprint density at radius 2 is 1.65 bits per heavy atom. The molecule has 1 amide bonds. The number of hydrogen-bond donors (Lipinski definition) is 1. The Morgan fingerprint density at radius 3 is 2.19 bits per heavy atom. The molecule has 136 valence electrons. The van der Waals surface area contributed by atoms with Gasteiger partial charge < -0.3 is 9.84 Å². The minimum Gasteiger partial charge on any atom is -0.321 e. The van der Waals surface area contributed by atoms with E-state index in [2.05, 4.69) is 5.32 Å². The first kappa shape index (κ1) is 20.5. The Morgan fingerprint density at radius 1 is 1.08 bits per heavy atom. The number of halogens is 2. The average Bonchev–Trinajstić information content (AvgIpc) is 2.66. The lowest BCUT2D eigenvalue weighted by Crippen LogP contribution is -2.25. The number of carbonyl (C=O) groups is 1. The summed E-state index contributed by atoms with van der Waals surface area (Å²) in [4.78, 5) is 12.3. The van der Waals surface area contributed by atoms with Crippen molar-refractivity contribution in [3.63, 3.8) is 0 Å². The molecule has 0 fully saturated rings. The van der Waals surface area contributed by atoms with Gasteiger partial charge in [0, 0.05) is 11.4 Å². The Bertz CT molecular complexity index is 848. The molecule has 4 nitrogen and oxygen atoms in total. The van der Waals surface area contributed by atoms with Gasteiger partial charge in [-0.3, -0.25) is 9.36 Å². The van der Waals surface area contributed by atoms with Crippen molar-refractivity contribution in [2.45, 2.75) is 6.92 Å². The third-order valence-electron chi connectivity index (χ3n) is 3.35. The molecule has 0 bridgehead atoms. The first-order valence-corrected chi connectivity index (χ1v) is 10.3. The summed E-state index contributed by atoms with van der Waals surface area (Å²) in [5, 5.41) is 2.90. The van der Waals surface area contributed by atoms with Crippen LogP contribution < -0.4 is 10.6 Å². The van der Waals surface area contributed by atoms with E-state index in [-0.39, 0.29) is 16.5 Å². The fourth-order valence-corrected chi connectivity index (χ4v) is 4.91. The minimum absolute atomic E-state index is 0.142. The van der Waals surface area contributed by atoms with Crippen molar-refractivity contribution in [3.05, 3.63) is 82.2 Å². The lowest BCUT2D eigenvalue weighted by molar-refractivity contribution is -0.115. The van der Waals surface area contributed by atoms with Crippen molar-refractivity contribution in [1.29, 1.82) is 0 Å². The normalized spacial score (nSPS) is 13.2. The van der Waals surface area contributed by atoms with E-state index in [0.29, 0.717) is 5.30 Å². The molecule has 0 aliphatic rings. The van der Waals surface area contributed by atoms with Gasteiger partial charge in [0.1, 0.15) is 9.93 Å². The molecule has 1 N–H and O–H groups in total. The van der Waals surface area contributed by atoms with Crippen LogP contribution in [0.15, 0.2) is 76.7 Å². The van der Waals surface area contributed by atoms with Crippen molar-refractivity contribution in [3.8, 4) is 0 Å². The summed E-state index contributed by atoms with van der Waals surface area (Å²) in [6, 6.07) is 17.8. The smallest absolute Gasteiger partial charge is 0.279 e. The number of amides is 1. The predicted octanol–water partition coefficient (Wildman–Crippen LogP) is 5.06. The summed E-state index contributed by atoms with van der Waals surface area (Å²) in [5.74, 6) is -0.515. The van der Waals surface area contributed by atoms with Gasteiger partial charge in [0.25, 0.3) is 7.37 Å². The Labute approximate surface area is 162 Å². The number of benzene rings is 2. The van der Waals surface area contributed by atoms with Crippen molar-refractivity contribution < 1.29 is 13.9 Å². The molecule has 2 aromatic rings.